The summed E-state index contributed by atoms with van der Waals surface area (Å²) in [5.41, 5.74) is 3.48. The van der Waals surface area contributed by atoms with Crippen LogP contribution in [0.1, 0.15) is 55.0 Å². The van der Waals surface area contributed by atoms with Gasteiger partial charge in [0, 0.05) is 39.9 Å². The molecule has 2 aromatic heterocycles. The third kappa shape index (κ3) is 6.62. The van der Waals surface area contributed by atoms with Crippen LogP contribution in [0.3, 0.4) is 0 Å². The number of carbonyl (C=O) groups excluding carboxylic acids is 2. The van der Waals surface area contributed by atoms with Crippen molar-refractivity contribution in [1.82, 2.24) is 10.6 Å². The summed E-state index contributed by atoms with van der Waals surface area (Å²) in [5, 5.41) is 16.3. The summed E-state index contributed by atoms with van der Waals surface area (Å²) < 4.78 is 11.5. The van der Waals surface area contributed by atoms with Crippen molar-refractivity contribution in [3.05, 3.63) is 79.9 Å². The Morgan fingerprint density at radius 1 is 1.02 bits per heavy atom. The zero-order valence-corrected chi connectivity index (χ0v) is 24.4. The Morgan fingerprint density at radius 3 is 2.34 bits per heavy atom. The van der Waals surface area contributed by atoms with Crippen molar-refractivity contribution in [3.63, 3.8) is 0 Å². The maximum atomic E-state index is 13.2. The SMILES string of the molecule is Cc1c(CC(=O)NC(Cc2ccc(Cl)cc2)C(=O)NCCC(=O)O)c(=O)oc2c(C)c3occ(C(C)(C)C)c3cc12. The van der Waals surface area contributed by atoms with Gasteiger partial charge in [0.2, 0.25) is 11.8 Å². The number of carboxylic acids is 1. The molecule has 0 bridgehead atoms. The van der Waals surface area contributed by atoms with E-state index in [0.717, 1.165) is 16.5 Å². The summed E-state index contributed by atoms with van der Waals surface area (Å²) in [7, 11) is 0. The standard InChI is InChI=1S/C31H33ClN2O7/c1-16-20-13-22-23(31(3,4)5)15-40-27(22)17(2)28(20)41-30(39)21(16)14-25(35)34-24(29(38)33-11-10-26(36)37)12-18-6-8-19(32)9-7-18/h6-9,13,15,24H,10-12,14H2,1-5H3,(H,33,38)(H,34,35)(H,36,37). The lowest BCUT2D eigenvalue weighted by atomic mass is 9.86. The first-order chi connectivity index (χ1) is 19.3. The summed E-state index contributed by atoms with van der Waals surface area (Å²) in [5.74, 6) is -2.15. The van der Waals surface area contributed by atoms with Crippen molar-refractivity contribution in [2.45, 2.75) is 65.3 Å². The Balaban J connectivity index is 1.64. The van der Waals surface area contributed by atoms with Crippen LogP contribution in [0.2, 0.25) is 5.02 Å². The number of benzene rings is 2. The third-order valence-corrected chi connectivity index (χ3v) is 7.38. The van der Waals surface area contributed by atoms with E-state index in [1.165, 1.54) is 0 Å². The molecule has 0 aliphatic carbocycles. The predicted molar refractivity (Wildman–Crippen MR) is 156 cm³/mol. The van der Waals surface area contributed by atoms with E-state index in [2.05, 4.69) is 31.4 Å². The van der Waals surface area contributed by atoms with Crippen molar-refractivity contribution in [2.75, 3.05) is 6.54 Å². The quantitative estimate of drug-likeness (QED) is 0.238. The second-order valence-electron chi connectivity index (χ2n) is 11.2. The van der Waals surface area contributed by atoms with Crippen LogP contribution in [-0.2, 0) is 32.6 Å². The first-order valence-corrected chi connectivity index (χ1v) is 13.6. The molecule has 4 aromatic rings. The molecule has 0 spiro atoms. The molecular formula is C31H33ClN2O7. The lowest BCUT2D eigenvalue weighted by molar-refractivity contribution is -0.137. The number of carboxylic acid groups (broad SMARTS) is 1. The molecule has 0 aliphatic rings. The van der Waals surface area contributed by atoms with E-state index in [-0.39, 0.29) is 36.8 Å². The van der Waals surface area contributed by atoms with E-state index in [1.807, 2.05) is 13.0 Å². The summed E-state index contributed by atoms with van der Waals surface area (Å²) in [4.78, 5) is 50.1. The van der Waals surface area contributed by atoms with E-state index in [9.17, 15) is 19.2 Å². The van der Waals surface area contributed by atoms with Gasteiger partial charge >= 0.3 is 11.6 Å². The fourth-order valence-corrected chi connectivity index (χ4v) is 4.99. The number of halogens is 1. The summed E-state index contributed by atoms with van der Waals surface area (Å²) in [6.07, 6.45) is 1.30. The number of rotatable bonds is 9. The van der Waals surface area contributed by atoms with Gasteiger partial charge in [-0.2, -0.15) is 0 Å². The molecule has 41 heavy (non-hydrogen) atoms. The topological polar surface area (TPSA) is 139 Å². The van der Waals surface area contributed by atoms with Gasteiger partial charge in [0.15, 0.2) is 0 Å². The number of amides is 2. The maximum Gasteiger partial charge on any atom is 0.340 e. The van der Waals surface area contributed by atoms with Crippen LogP contribution in [0.25, 0.3) is 21.9 Å². The van der Waals surface area contributed by atoms with E-state index in [4.69, 9.17) is 25.5 Å². The average molecular weight is 581 g/mol. The minimum absolute atomic E-state index is 0.0904. The van der Waals surface area contributed by atoms with E-state index < -0.39 is 29.5 Å². The van der Waals surface area contributed by atoms with E-state index in [0.29, 0.717) is 32.7 Å². The van der Waals surface area contributed by atoms with Gasteiger partial charge in [0.1, 0.15) is 17.2 Å². The van der Waals surface area contributed by atoms with Crippen molar-refractivity contribution < 1.29 is 28.3 Å². The molecule has 1 unspecified atom stereocenters. The number of aliphatic carboxylic acids is 1. The third-order valence-electron chi connectivity index (χ3n) is 7.13. The minimum atomic E-state index is -1.06. The predicted octanol–water partition coefficient (Wildman–Crippen LogP) is 4.97. The van der Waals surface area contributed by atoms with Crippen LogP contribution < -0.4 is 16.3 Å². The Kier molecular flexibility index (Phi) is 8.58. The fourth-order valence-electron chi connectivity index (χ4n) is 4.87. The molecular weight excluding hydrogens is 548 g/mol. The van der Waals surface area contributed by atoms with Gasteiger partial charge in [0.05, 0.1) is 24.7 Å². The number of aryl methyl sites for hydroxylation is 2. The summed E-state index contributed by atoms with van der Waals surface area (Å²) in [6, 6.07) is 7.74. The van der Waals surface area contributed by atoms with Gasteiger partial charge in [-0.15, -0.1) is 0 Å². The molecule has 0 radical (unpaired) electrons. The van der Waals surface area contributed by atoms with Crippen LogP contribution in [-0.4, -0.2) is 35.5 Å². The molecule has 2 aromatic carbocycles. The van der Waals surface area contributed by atoms with Crippen LogP contribution in [0.5, 0.6) is 0 Å². The maximum absolute atomic E-state index is 13.2. The molecule has 0 fully saturated rings. The molecule has 3 N–H and O–H groups in total. The fraction of sp³-hybridized carbons (Fsp3) is 0.355. The highest BCUT2D eigenvalue weighted by Gasteiger charge is 2.26. The van der Waals surface area contributed by atoms with Crippen LogP contribution in [0.15, 0.2) is 50.2 Å². The molecule has 2 heterocycles. The van der Waals surface area contributed by atoms with Crippen molar-refractivity contribution in [3.8, 4) is 0 Å². The largest absolute Gasteiger partial charge is 0.481 e. The number of fused-ring (bicyclic) bond motifs is 2. The molecule has 2 amide bonds. The van der Waals surface area contributed by atoms with Crippen molar-refractivity contribution in [1.29, 1.82) is 0 Å². The lowest BCUT2D eigenvalue weighted by Crippen LogP contribution is -2.49. The van der Waals surface area contributed by atoms with E-state index in [1.54, 1.807) is 37.5 Å². The monoisotopic (exact) mass is 580 g/mol. The van der Waals surface area contributed by atoms with Crippen LogP contribution >= 0.6 is 11.6 Å². The summed E-state index contributed by atoms with van der Waals surface area (Å²) >= 11 is 5.97. The van der Waals surface area contributed by atoms with Crippen molar-refractivity contribution in [2.24, 2.45) is 0 Å². The molecule has 0 aliphatic heterocycles. The Morgan fingerprint density at radius 2 is 1.71 bits per heavy atom. The lowest BCUT2D eigenvalue weighted by Gasteiger charge is -2.19. The molecule has 0 saturated heterocycles. The number of furan rings is 1. The van der Waals surface area contributed by atoms with Gasteiger partial charge in [0.25, 0.3) is 0 Å². The van der Waals surface area contributed by atoms with Gasteiger partial charge in [-0.1, -0.05) is 44.5 Å². The van der Waals surface area contributed by atoms with Gasteiger partial charge in [-0.25, -0.2) is 4.79 Å². The molecule has 9 nitrogen and oxygen atoms in total. The zero-order chi connectivity index (χ0) is 30.1. The summed E-state index contributed by atoms with van der Waals surface area (Å²) in [6.45, 7) is 9.77. The van der Waals surface area contributed by atoms with E-state index >= 15 is 0 Å². The van der Waals surface area contributed by atoms with Gasteiger partial charge in [-0.05, 0) is 48.6 Å². The second kappa shape index (κ2) is 11.8. The Bertz CT molecular complexity index is 1690. The highest BCUT2D eigenvalue weighted by atomic mass is 35.5. The first kappa shape index (κ1) is 29.9. The van der Waals surface area contributed by atoms with Crippen LogP contribution in [0, 0.1) is 13.8 Å². The molecule has 0 saturated carbocycles. The first-order valence-electron chi connectivity index (χ1n) is 13.3. The highest BCUT2D eigenvalue weighted by Crippen LogP contribution is 2.37. The number of carbonyl (C=O) groups is 3. The normalized spacial score (nSPS) is 12.4. The van der Waals surface area contributed by atoms with Crippen molar-refractivity contribution >= 4 is 51.3 Å². The number of hydrogen-bond donors (Lipinski definition) is 3. The minimum Gasteiger partial charge on any atom is -0.481 e. The van der Waals surface area contributed by atoms with Gasteiger partial charge < -0.3 is 24.6 Å². The highest BCUT2D eigenvalue weighted by molar-refractivity contribution is 6.30. The average Bonchev–Trinajstić information content (AvgIpc) is 3.33. The Hall–Kier alpha value is -4.11. The molecule has 4 rings (SSSR count). The van der Waals surface area contributed by atoms with Crippen LogP contribution in [0.4, 0.5) is 0 Å². The second-order valence-corrected chi connectivity index (χ2v) is 11.6. The number of hydrogen-bond acceptors (Lipinski definition) is 6. The zero-order valence-electron chi connectivity index (χ0n) is 23.6. The number of nitrogens with one attached hydrogen (secondary N) is 2. The smallest absolute Gasteiger partial charge is 0.340 e. The van der Waals surface area contributed by atoms with Gasteiger partial charge in [-0.3, -0.25) is 14.4 Å². The Labute approximate surface area is 241 Å². The molecule has 216 valence electrons. The molecule has 10 heteroatoms. The molecule has 1 atom stereocenters.